The molecule has 0 saturated carbocycles. The van der Waals surface area contributed by atoms with Gasteiger partial charge in [-0.2, -0.15) is 0 Å². The van der Waals surface area contributed by atoms with Gasteiger partial charge in [0, 0.05) is 41.6 Å². The zero-order valence-electron chi connectivity index (χ0n) is 14.7. The van der Waals surface area contributed by atoms with Crippen molar-refractivity contribution in [3.8, 4) is 0 Å². The van der Waals surface area contributed by atoms with Crippen LogP contribution in [-0.2, 0) is 6.54 Å². The van der Waals surface area contributed by atoms with E-state index < -0.39 is 5.82 Å². The summed E-state index contributed by atoms with van der Waals surface area (Å²) in [6, 6.07) is 3.87. The molecule has 1 aromatic carbocycles. The van der Waals surface area contributed by atoms with Crippen LogP contribution in [-0.4, -0.2) is 40.4 Å². The second-order valence-corrected chi connectivity index (χ2v) is 7.16. The molecule has 2 aromatic rings. The third-order valence-corrected chi connectivity index (χ3v) is 4.84. The van der Waals surface area contributed by atoms with Crippen LogP contribution in [0.3, 0.4) is 0 Å². The number of nitrogens with one attached hydrogen (secondary N) is 1. The number of hydrogen-bond acceptors (Lipinski definition) is 4. The highest BCUT2D eigenvalue weighted by Gasteiger charge is 2.20. The number of halogens is 2. The maximum Gasteiger partial charge on any atom is 0.251 e. The quantitative estimate of drug-likeness (QED) is 0.870. The molecule has 7 heteroatoms. The highest BCUT2D eigenvalue weighted by atomic mass is 35.5. The maximum absolute atomic E-state index is 13.3. The summed E-state index contributed by atoms with van der Waals surface area (Å²) in [5, 5.41) is 3.12. The number of hydrogen-bond donors (Lipinski definition) is 1. The predicted octanol–water partition coefficient (Wildman–Crippen LogP) is 3.22. The third-order valence-electron chi connectivity index (χ3n) is 4.62. The Bertz CT molecular complexity index is 740. The van der Waals surface area contributed by atoms with Gasteiger partial charge in [0.15, 0.2) is 0 Å². The number of carbonyl (C=O) groups excluding carboxylic acids is 1. The van der Waals surface area contributed by atoms with Crippen molar-refractivity contribution in [3.63, 3.8) is 0 Å². The molecule has 1 N–H and O–H groups in total. The van der Waals surface area contributed by atoms with E-state index in [-0.39, 0.29) is 16.5 Å². The monoisotopic (exact) mass is 376 g/mol. The van der Waals surface area contributed by atoms with Gasteiger partial charge >= 0.3 is 0 Å². The van der Waals surface area contributed by atoms with Gasteiger partial charge < -0.3 is 5.32 Å². The second-order valence-electron chi connectivity index (χ2n) is 6.73. The first-order valence-electron chi connectivity index (χ1n) is 8.74. The van der Waals surface area contributed by atoms with E-state index in [1.165, 1.54) is 18.2 Å². The number of rotatable bonds is 5. The first-order valence-corrected chi connectivity index (χ1v) is 9.11. The van der Waals surface area contributed by atoms with Crippen LogP contribution < -0.4 is 5.32 Å². The number of benzene rings is 1. The summed E-state index contributed by atoms with van der Waals surface area (Å²) in [4.78, 5) is 23.0. The molecule has 1 fully saturated rings. The van der Waals surface area contributed by atoms with Crippen LogP contribution in [0.4, 0.5) is 4.39 Å². The van der Waals surface area contributed by atoms with Gasteiger partial charge in [-0.3, -0.25) is 9.69 Å². The van der Waals surface area contributed by atoms with Gasteiger partial charge in [-0.15, -0.1) is 0 Å². The molecule has 138 valence electrons. The van der Waals surface area contributed by atoms with Crippen LogP contribution in [0.2, 0.25) is 5.02 Å². The van der Waals surface area contributed by atoms with Gasteiger partial charge in [0.05, 0.1) is 0 Å². The molecule has 1 aromatic heterocycles. The van der Waals surface area contributed by atoms with Crippen molar-refractivity contribution >= 4 is 17.5 Å². The minimum absolute atomic E-state index is 0.226. The number of carbonyl (C=O) groups is 1. The van der Waals surface area contributed by atoms with Crippen molar-refractivity contribution in [2.75, 3.05) is 19.6 Å². The Morgan fingerprint density at radius 2 is 1.96 bits per heavy atom. The normalized spacial score (nSPS) is 15.8. The van der Waals surface area contributed by atoms with Crippen molar-refractivity contribution in [1.29, 1.82) is 0 Å². The minimum Gasteiger partial charge on any atom is -0.352 e. The molecule has 0 radical (unpaired) electrons. The lowest BCUT2D eigenvalue weighted by Crippen LogP contribution is -2.38. The predicted molar refractivity (Wildman–Crippen MR) is 98.5 cm³/mol. The molecule has 0 aliphatic carbocycles. The molecule has 1 aliphatic rings. The Morgan fingerprint density at radius 1 is 1.27 bits per heavy atom. The van der Waals surface area contributed by atoms with Crippen molar-refractivity contribution in [2.24, 2.45) is 5.92 Å². The molecule has 0 bridgehead atoms. The van der Waals surface area contributed by atoms with Crippen LogP contribution in [0, 0.1) is 18.7 Å². The van der Waals surface area contributed by atoms with Gasteiger partial charge in [-0.1, -0.05) is 11.6 Å². The first-order chi connectivity index (χ1) is 12.5. The van der Waals surface area contributed by atoms with Gasteiger partial charge in [0.1, 0.15) is 11.6 Å². The van der Waals surface area contributed by atoms with Crippen LogP contribution >= 0.6 is 11.6 Å². The highest BCUT2D eigenvalue weighted by molar-refractivity contribution is 6.31. The SMILES string of the molecule is Cc1ncc(CN2CCC(CNC(=O)c3cc(F)cc(Cl)c3)CC2)cn1. The van der Waals surface area contributed by atoms with Crippen LogP contribution in [0.1, 0.15) is 34.6 Å². The fraction of sp³-hybridized carbons (Fsp3) is 0.421. The summed E-state index contributed by atoms with van der Waals surface area (Å²) < 4.78 is 13.3. The van der Waals surface area contributed by atoms with Crippen molar-refractivity contribution in [2.45, 2.75) is 26.3 Å². The average Bonchev–Trinajstić information content (AvgIpc) is 2.62. The van der Waals surface area contributed by atoms with E-state index in [4.69, 9.17) is 11.6 Å². The molecule has 2 heterocycles. The molecular weight excluding hydrogens is 355 g/mol. The number of nitrogens with zero attached hydrogens (tertiary/aromatic N) is 3. The Hall–Kier alpha value is -2.05. The molecule has 5 nitrogen and oxygen atoms in total. The Morgan fingerprint density at radius 3 is 2.62 bits per heavy atom. The standard InChI is InChI=1S/C19H22ClFN4O/c1-13-22-10-15(11-23-13)12-25-4-2-14(3-5-25)9-24-19(26)16-6-17(20)8-18(21)7-16/h6-8,10-11,14H,2-5,9,12H2,1H3,(H,24,26). The van der Waals surface area contributed by atoms with E-state index >= 15 is 0 Å². The van der Waals surface area contributed by atoms with E-state index in [1.54, 1.807) is 0 Å². The minimum atomic E-state index is -0.504. The van der Waals surface area contributed by atoms with Crippen LogP contribution in [0.15, 0.2) is 30.6 Å². The van der Waals surface area contributed by atoms with Gasteiger partial charge in [0.25, 0.3) is 5.91 Å². The summed E-state index contributed by atoms with van der Waals surface area (Å²) >= 11 is 5.80. The topological polar surface area (TPSA) is 58.1 Å². The lowest BCUT2D eigenvalue weighted by Gasteiger charge is -2.31. The number of amides is 1. The molecule has 0 spiro atoms. The van der Waals surface area contributed by atoms with E-state index in [0.29, 0.717) is 12.5 Å². The summed E-state index contributed by atoms with van der Waals surface area (Å²) in [7, 11) is 0. The number of aryl methyl sites for hydroxylation is 1. The zero-order chi connectivity index (χ0) is 18.5. The Labute approximate surface area is 157 Å². The highest BCUT2D eigenvalue weighted by Crippen LogP contribution is 2.19. The van der Waals surface area contributed by atoms with E-state index in [0.717, 1.165) is 43.9 Å². The van der Waals surface area contributed by atoms with Gasteiger partial charge in [-0.05, 0) is 57.0 Å². The van der Waals surface area contributed by atoms with E-state index in [1.807, 2.05) is 19.3 Å². The third kappa shape index (κ3) is 5.22. The fourth-order valence-electron chi connectivity index (χ4n) is 3.13. The summed E-state index contributed by atoms with van der Waals surface area (Å²) in [6.45, 7) is 5.26. The van der Waals surface area contributed by atoms with Crippen molar-refractivity contribution in [1.82, 2.24) is 20.2 Å². The molecule has 3 rings (SSSR count). The lowest BCUT2D eigenvalue weighted by molar-refractivity contribution is 0.0934. The van der Waals surface area contributed by atoms with Crippen LogP contribution in [0.5, 0.6) is 0 Å². The summed E-state index contributed by atoms with van der Waals surface area (Å²) in [6.07, 6.45) is 5.77. The van der Waals surface area contributed by atoms with Gasteiger partial charge in [-0.25, -0.2) is 14.4 Å². The maximum atomic E-state index is 13.3. The molecule has 1 saturated heterocycles. The van der Waals surface area contributed by atoms with Crippen molar-refractivity contribution in [3.05, 3.63) is 58.4 Å². The number of aromatic nitrogens is 2. The molecule has 1 aliphatic heterocycles. The van der Waals surface area contributed by atoms with E-state index in [9.17, 15) is 9.18 Å². The van der Waals surface area contributed by atoms with Crippen molar-refractivity contribution < 1.29 is 9.18 Å². The molecule has 26 heavy (non-hydrogen) atoms. The number of piperidine rings is 1. The van der Waals surface area contributed by atoms with E-state index in [2.05, 4.69) is 20.2 Å². The second kappa shape index (κ2) is 8.56. The lowest BCUT2D eigenvalue weighted by atomic mass is 9.96. The Balaban J connectivity index is 1.43. The summed E-state index contributed by atoms with van der Waals surface area (Å²) in [5.41, 5.74) is 1.37. The largest absolute Gasteiger partial charge is 0.352 e. The summed E-state index contributed by atoms with van der Waals surface area (Å²) in [5.74, 6) is 0.415. The van der Waals surface area contributed by atoms with Gasteiger partial charge in [0.2, 0.25) is 0 Å². The molecule has 1 amide bonds. The average molecular weight is 377 g/mol. The fourth-order valence-corrected chi connectivity index (χ4v) is 3.35. The molecular formula is C19H22ClFN4O. The molecule has 0 unspecified atom stereocenters. The Kier molecular flexibility index (Phi) is 6.16. The smallest absolute Gasteiger partial charge is 0.251 e. The zero-order valence-corrected chi connectivity index (χ0v) is 15.5. The first kappa shape index (κ1) is 18.7. The number of likely N-dealkylation sites (tertiary alicyclic amines) is 1. The molecule has 0 atom stereocenters. The van der Waals surface area contributed by atoms with Crippen LogP contribution in [0.25, 0.3) is 0 Å².